The number of carbonyl (C=O) groups excluding carboxylic acids is 1. The molecular weight excluding hydrogens is 472 g/mol. The van der Waals surface area contributed by atoms with Crippen molar-refractivity contribution in [3.8, 4) is 17.6 Å². The van der Waals surface area contributed by atoms with Crippen LogP contribution in [0.3, 0.4) is 0 Å². The largest absolute Gasteiger partial charge is 0.481 e. The summed E-state index contributed by atoms with van der Waals surface area (Å²) in [6, 6.07) is 9.89. The Morgan fingerprint density at radius 3 is 2.24 bits per heavy atom. The van der Waals surface area contributed by atoms with E-state index in [1.165, 1.54) is 0 Å². The van der Waals surface area contributed by atoms with Gasteiger partial charge >= 0.3 is 5.97 Å². The second-order valence-corrected chi connectivity index (χ2v) is 12.9. The SMILES string of the molecule is Cc1ccc(S(=O)(=O)CCC(C)(C)C)cc1C#Cc1cc(Cl)ccc1OCC(=O)OC(C)(C)C. The molecule has 2 aromatic rings. The summed E-state index contributed by atoms with van der Waals surface area (Å²) in [5, 5.41) is 0.462. The Morgan fingerprint density at radius 1 is 0.971 bits per heavy atom. The Hall–Kier alpha value is -2.49. The summed E-state index contributed by atoms with van der Waals surface area (Å²) in [5.41, 5.74) is 1.23. The topological polar surface area (TPSA) is 69.7 Å². The van der Waals surface area contributed by atoms with E-state index in [0.717, 1.165) is 5.56 Å². The van der Waals surface area contributed by atoms with E-state index in [9.17, 15) is 13.2 Å². The maximum Gasteiger partial charge on any atom is 0.344 e. The predicted octanol–water partition coefficient (Wildman–Crippen LogP) is 5.98. The zero-order valence-electron chi connectivity index (χ0n) is 20.9. The molecular formula is C27H33ClO5S. The number of halogens is 1. The van der Waals surface area contributed by atoms with E-state index >= 15 is 0 Å². The number of esters is 1. The van der Waals surface area contributed by atoms with Crippen molar-refractivity contribution in [2.75, 3.05) is 12.4 Å². The highest BCUT2D eigenvalue weighted by atomic mass is 35.5. The molecule has 0 bridgehead atoms. The predicted molar refractivity (Wildman–Crippen MR) is 136 cm³/mol. The number of aryl methyl sites for hydroxylation is 1. The molecule has 5 nitrogen and oxygen atoms in total. The van der Waals surface area contributed by atoms with Crippen molar-refractivity contribution in [3.05, 3.63) is 58.1 Å². The fourth-order valence-electron chi connectivity index (χ4n) is 2.86. The van der Waals surface area contributed by atoms with Crippen LogP contribution in [0.1, 0.15) is 64.7 Å². The van der Waals surface area contributed by atoms with Gasteiger partial charge in [0.15, 0.2) is 16.4 Å². The molecule has 0 N–H and O–H groups in total. The van der Waals surface area contributed by atoms with Gasteiger partial charge in [-0.2, -0.15) is 0 Å². The van der Waals surface area contributed by atoms with E-state index in [1.807, 2.05) is 27.7 Å². The number of benzene rings is 2. The van der Waals surface area contributed by atoms with Crippen LogP contribution in [0, 0.1) is 24.2 Å². The van der Waals surface area contributed by atoms with Crippen molar-refractivity contribution in [2.24, 2.45) is 5.41 Å². The summed E-state index contributed by atoms with van der Waals surface area (Å²) >= 11 is 6.14. The number of hydrogen-bond donors (Lipinski definition) is 0. The van der Waals surface area contributed by atoms with Gasteiger partial charge in [0.2, 0.25) is 0 Å². The first-order chi connectivity index (χ1) is 15.6. The van der Waals surface area contributed by atoms with Crippen LogP contribution in [-0.2, 0) is 19.4 Å². The van der Waals surface area contributed by atoms with Crippen molar-refractivity contribution in [3.63, 3.8) is 0 Å². The van der Waals surface area contributed by atoms with E-state index in [0.29, 0.717) is 28.3 Å². The smallest absolute Gasteiger partial charge is 0.344 e. The van der Waals surface area contributed by atoms with Gasteiger partial charge in [-0.25, -0.2) is 13.2 Å². The Kier molecular flexibility index (Phi) is 8.85. The van der Waals surface area contributed by atoms with E-state index in [1.54, 1.807) is 57.2 Å². The molecule has 0 aliphatic carbocycles. The van der Waals surface area contributed by atoms with Gasteiger partial charge in [0.05, 0.1) is 16.2 Å². The Bertz CT molecular complexity index is 1210. The van der Waals surface area contributed by atoms with Crippen LogP contribution < -0.4 is 4.74 Å². The first kappa shape index (κ1) is 27.8. The second-order valence-electron chi connectivity index (χ2n) is 10.4. The van der Waals surface area contributed by atoms with E-state index in [4.69, 9.17) is 21.1 Å². The quantitative estimate of drug-likeness (QED) is 0.357. The molecule has 0 radical (unpaired) electrons. The van der Waals surface area contributed by atoms with Crippen molar-refractivity contribution in [1.82, 2.24) is 0 Å². The zero-order valence-corrected chi connectivity index (χ0v) is 22.5. The van der Waals surface area contributed by atoms with Gasteiger partial charge in [-0.15, -0.1) is 0 Å². The maximum atomic E-state index is 12.8. The minimum atomic E-state index is -3.43. The van der Waals surface area contributed by atoms with Crippen LogP contribution in [0.4, 0.5) is 0 Å². The minimum absolute atomic E-state index is 0.0728. The monoisotopic (exact) mass is 504 g/mol. The lowest BCUT2D eigenvalue weighted by Crippen LogP contribution is -2.27. The summed E-state index contributed by atoms with van der Waals surface area (Å²) < 4.78 is 36.6. The van der Waals surface area contributed by atoms with Crippen LogP contribution in [-0.4, -0.2) is 32.3 Å². The lowest BCUT2D eigenvalue weighted by atomic mass is 9.94. The number of rotatable bonds is 6. The summed E-state index contributed by atoms with van der Waals surface area (Å²) in [5.74, 6) is 6.01. The second kappa shape index (κ2) is 10.8. The summed E-state index contributed by atoms with van der Waals surface area (Å²) in [6.45, 7) is 13.0. The molecule has 0 amide bonds. The van der Waals surface area contributed by atoms with Crippen molar-refractivity contribution in [1.29, 1.82) is 0 Å². The van der Waals surface area contributed by atoms with Gasteiger partial charge in [-0.1, -0.05) is 50.3 Å². The molecule has 0 aliphatic rings. The fraction of sp³-hybridized carbons (Fsp3) is 0.444. The highest BCUT2D eigenvalue weighted by molar-refractivity contribution is 7.91. The first-order valence-electron chi connectivity index (χ1n) is 11.1. The molecule has 184 valence electrons. The van der Waals surface area contributed by atoms with Crippen molar-refractivity contribution >= 4 is 27.4 Å². The third kappa shape index (κ3) is 9.04. The molecule has 0 atom stereocenters. The highest BCUT2D eigenvalue weighted by Crippen LogP contribution is 2.25. The molecule has 0 unspecified atom stereocenters. The Balaban J connectivity index is 2.31. The van der Waals surface area contributed by atoms with Gasteiger partial charge in [-0.05, 0) is 75.4 Å². The van der Waals surface area contributed by atoms with Gasteiger partial charge in [0.1, 0.15) is 11.4 Å². The van der Waals surface area contributed by atoms with Gasteiger partial charge in [0, 0.05) is 10.6 Å². The lowest BCUT2D eigenvalue weighted by Gasteiger charge is -2.19. The minimum Gasteiger partial charge on any atom is -0.481 e. The molecule has 2 aromatic carbocycles. The number of sulfone groups is 1. The molecule has 34 heavy (non-hydrogen) atoms. The standard InChI is InChI=1S/C27H33ClO5S/c1-19-8-12-23(34(30,31)15-14-26(2,3)4)17-20(19)9-10-21-16-22(28)11-13-24(21)32-18-25(29)33-27(5,6)7/h8,11-13,16-17H,14-15,18H2,1-7H3. The molecule has 0 fully saturated rings. The van der Waals surface area contributed by atoms with Gasteiger partial charge < -0.3 is 9.47 Å². The molecule has 7 heteroatoms. The number of hydrogen-bond acceptors (Lipinski definition) is 5. The molecule has 0 aromatic heterocycles. The van der Waals surface area contributed by atoms with E-state index < -0.39 is 21.4 Å². The summed E-state index contributed by atoms with van der Waals surface area (Å²) in [4.78, 5) is 12.3. The van der Waals surface area contributed by atoms with Crippen LogP contribution in [0.15, 0.2) is 41.3 Å². The Morgan fingerprint density at radius 2 is 1.62 bits per heavy atom. The average Bonchev–Trinajstić information content (AvgIpc) is 2.69. The van der Waals surface area contributed by atoms with Gasteiger partial charge in [0.25, 0.3) is 0 Å². The van der Waals surface area contributed by atoms with Crippen molar-refractivity contribution < 1.29 is 22.7 Å². The van der Waals surface area contributed by atoms with Crippen molar-refractivity contribution in [2.45, 2.75) is 65.4 Å². The number of carbonyl (C=O) groups is 1. The molecule has 0 saturated carbocycles. The average molecular weight is 505 g/mol. The van der Waals surface area contributed by atoms with E-state index in [2.05, 4.69) is 11.8 Å². The number of ether oxygens (including phenoxy) is 2. The van der Waals surface area contributed by atoms with Crippen LogP contribution in [0.5, 0.6) is 5.75 Å². The van der Waals surface area contributed by atoms with Crippen LogP contribution in [0.25, 0.3) is 0 Å². The normalized spacial score (nSPS) is 12.0. The Labute approximate surface area is 208 Å². The molecule has 0 spiro atoms. The summed E-state index contributed by atoms with van der Waals surface area (Å²) in [7, 11) is -3.43. The zero-order chi connectivity index (χ0) is 25.7. The molecule has 0 aliphatic heterocycles. The maximum absolute atomic E-state index is 12.8. The summed E-state index contributed by atoms with van der Waals surface area (Å²) in [6.07, 6.45) is 0.561. The lowest BCUT2D eigenvalue weighted by molar-refractivity contribution is -0.157. The van der Waals surface area contributed by atoms with Crippen LogP contribution in [0.2, 0.25) is 5.02 Å². The first-order valence-corrected chi connectivity index (χ1v) is 13.1. The van der Waals surface area contributed by atoms with Crippen LogP contribution >= 0.6 is 11.6 Å². The third-order valence-corrected chi connectivity index (χ3v) is 6.68. The molecule has 0 heterocycles. The van der Waals surface area contributed by atoms with E-state index in [-0.39, 0.29) is 22.7 Å². The fourth-order valence-corrected chi connectivity index (χ4v) is 4.72. The molecule has 2 rings (SSSR count). The third-order valence-electron chi connectivity index (χ3n) is 4.73. The molecule has 0 saturated heterocycles. The van der Waals surface area contributed by atoms with Gasteiger partial charge in [-0.3, -0.25) is 0 Å². The highest BCUT2D eigenvalue weighted by Gasteiger charge is 2.20.